The van der Waals surface area contributed by atoms with Crippen LogP contribution in [0.2, 0.25) is 0 Å². The molecule has 54 heavy (non-hydrogen) atoms. The Morgan fingerprint density at radius 2 is 0.667 bits per heavy atom. The largest absolute Gasteiger partial charge is 0.463 e. The molecule has 0 rings (SSSR count). The van der Waals surface area contributed by atoms with E-state index in [4.69, 9.17) is 56.8 Å². The molecule has 0 spiro atoms. The fourth-order valence-electron chi connectivity index (χ4n) is 4.13. The fraction of sp³-hybridized carbons (Fsp3) is 0.789. The molecule has 0 radical (unpaired) electrons. The Labute approximate surface area is 321 Å². The summed E-state index contributed by atoms with van der Waals surface area (Å²) in [4.78, 5) is 47.3. The van der Waals surface area contributed by atoms with E-state index in [1.54, 1.807) is 13.8 Å². The highest BCUT2D eigenvalue weighted by Crippen LogP contribution is 2.19. The standard InChI is InChI=1S/C38H66O16/c1-6-7-8-9-34(30-35(39)51-26-22-47-18-14-43-10-12-45-16-20-49-24-28-53-37(41)32(2)3)31-36(40)52-27-23-48-19-15-44-11-13-46-17-21-50-25-29-54-38(42)33(4)5/h34H,2,4,6-31H2,1,3,5H3. The summed E-state index contributed by atoms with van der Waals surface area (Å²) in [5, 5.41) is 0. The minimum atomic E-state index is -0.437. The van der Waals surface area contributed by atoms with Gasteiger partial charge in [-0.05, 0) is 26.2 Å². The maximum absolute atomic E-state index is 12.4. The maximum Gasteiger partial charge on any atom is 0.333 e. The molecule has 0 aliphatic rings. The summed E-state index contributed by atoms with van der Waals surface area (Å²) in [5.41, 5.74) is 0.696. The van der Waals surface area contributed by atoms with Crippen LogP contribution in [0.3, 0.4) is 0 Å². The van der Waals surface area contributed by atoms with Crippen LogP contribution in [0.4, 0.5) is 0 Å². The molecule has 0 unspecified atom stereocenters. The van der Waals surface area contributed by atoms with E-state index in [1.165, 1.54) is 0 Å². The van der Waals surface area contributed by atoms with Gasteiger partial charge < -0.3 is 56.8 Å². The highest BCUT2D eigenvalue weighted by molar-refractivity contribution is 5.87. The van der Waals surface area contributed by atoms with Crippen molar-refractivity contribution in [3.8, 4) is 0 Å². The van der Waals surface area contributed by atoms with Gasteiger partial charge in [-0.1, -0.05) is 39.3 Å². The lowest BCUT2D eigenvalue weighted by Crippen LogP contribution is -2.20. The van der Waals surface area contributed by atoms with Crippen LogP contribution in [0, 0.1) is 5.92 Å². The van der Waals surface area contributed by atoms with Gasteiger partial charge in [0.15, 0.2) is 0 Å². The van der Waals surface area contributed by atoms with Gasteiger partial charge in [0.05, 0.1) is 106 Å². The second kappa shape index (κ2) is 38.3. The van der Waals surface area contributed by atoms with Gasteiger partial charge in [0.2, 0.25) is 0 Å². The quantitative estimate of drug-likeness (QED) is 0.0382. The smallest absolute Gasteiger partial charge is 0.333 e. The van der Waals surface area contributed by atoms with Gasteiger partial charge in [-0.25, -0.2) is 9.59 Å². The summed E-state index contributed by atoms with van der Waals surface area (Å²) in [7, 11) is 0. The van der Waals surface area contributed by atoms with Crippen molar-refractivity contribution in [2.45, 2.75) is 59.3 Å². The summed E-state index contributed by atoms with van der Waals surface area (Å²) in [6.45, 7) is 18.5. The highest BCUT2D eigenvalue weighted by atomic mass is 16.6. The molecule has 16 heteroatoms. The molecule has 0 aromatic carbocycles. The molecule has 0 saturated heterocycles. The van der Waals surface area contributed by atoms with Crippen molar-refractivity contribution >= 4 is 23.9 Å². The van der Waals surface area contributed by atoms with E-state index in [9.17, 15) is 19.2 Å². The van der Waals surface area contributed by atoms with E-state index in [-0.39, 0.29) is 83.6 Å². The third-order valence-electron chi connectivity index (χ3n) is 6.96. The van der Waals surface area contributed by atoms with Gasteiger partial charge >= 0.3 is 23.9 Å². The number of esters is 4. The molecule has 0 N–H and O–H groups in total. The first-order chi connectivity index (χ1) is 26.2. The first-order valence-corrected chi connectivity index (χ1v) is 18.8. The van der Waals surface area contributed by atoms with Crippen LogP contribution in [0.5, 0.6) is 0 Å². The monoisotopic (exact) mass is 778 g/mol. The Balaban J connectivity index is 3.76. The topological polar surface area (TPSA) is 179 Å². The summed E-state index contributed by atoms with van der Waals surface area (Å²) in [6, 6.07) is 0. The third kappa shape index (κ3) is 36.0. The average Bonchev–Trinajstić information content (AvgIpc) is 3.14. The molecule has 0 aromatic rings. The molecule has 0 aliphatic carbocycles. The van der Waals surface area contributed by atoms with Crippen molar-refractivity contribution in [2.75, 3.05) is 132 Å². The molecule has 0 aromatic heterocycles. The van der Waals surface area contributed by atoms with Gasteiger partial charge in [0.25, 0.3) is 0 Å². The Bertz CT molecular complexity index is 916. The average molecular weight is 779 g/mol. The van der Waals surface area contributed by atoms with Crippen molar-refractivity contribution in [3.05, 3.63) is 24.3 Å². The van der Waals surface area contributed by atoms with Crippen LogP contribution in [-0.2, 0) is 76.0 Å². The van der Waals surface area contributed by atoms with Gasteiger partial charge in [0.1, 0.15) is 26.4 Å². The SMILES string of the molecule is C=C(C)C(=O)OCCOCCOCCOCCOCCOC(=O)CC(CCCCC)CC(=O)OCCOCCOCCOCCOCCOC(=O)C(=C)C. The molecular formula is C38H66O16. The van der Waals surface area contributed by atoms with Crippen LogP contribution >= 0.6 is 0 Å². The number of carbonyl (C=O) groups is 4. The number of ether oxygens (including phenoxy) is 12. The van der Waals surface area contributed by atoms with Crippen LogP contribution in [0.15, 0.2) is 24.3 Å². The Kier molecular flexibility index (Phi) is 36.2. The van der Waals surface area contributed by atoms with Crippen LogP contribution in [0.1, 0.15) is 59.3 Å². The zero-order chi connectivity index (χ0) is 39.9. The Morgan fingerprint density at radius 3 is 0.926 bits per heavy atom. The normalized spacial score (nSPS) is 11.0. The summed E-state index contributed by atoms with van der Waals surface area (Å²) < 4.78 is 63.7. The van der Waals surface area contributed by atoms with E-state index in [1.807, 2.05) is 0 Å². The molecule has 0 heterocycles. The Hall–Kier alpha value is -2.96. The minimum absolute atomic E-state index is 0.112. The number of unbranched alkanes of at least 4 members (excludes halogenated alkanes) is 2. The molecule has 0 amide bonds. The zero-order valence-electron chi connectivity index (χ0n) is 32.9. The molecule has 314 valence electrons. The summed E-state index contributed by atoms with van der Waals surface area (Å²) in [6.07, 6.45) is 3.95. The van der Waals surface area contributed by atoms with E-state index < -0.39 is 11.9 Å². The van der Waals surface area contributed by atoms with Crippen LogP contribution in [0.25, 0.3) is 0 Å². The van der Waals surface area contributed by atoms with Crippen LogP contribution < -0.4 is 0 Å². The van der Waals surface area contributed by atoms with Crippen molar-refractivity contribution in [1.29, 1.82) is 0 Å². The summed E-state index contributed by atoms with van der Waals surface area (Å²) >= 11 is 0. The molecule has 0 saturated carbocycles. The molecule has 0 atom stereocenters. The van der Waals surface area contributed by atoms with E-state index in [0.717, 1.165) is 25.7 Å². The summed E-state index contributed by atoms with van der Waals surface area (Å²) in [5.74, 6) is -1.79. The lowest BCUT2D eigenvalue weighted by Gasteiger charge is -2.16. The second-order valence-corrected chi connectivity index (χ2v) is 11.9. The predicted octanol–water partition coefficient (Wildman–Crippen LogP) is 3.42. The Morgan fingerprint density at radius 1 is 0.407 bits per heavy atom. The zero-order valence-corrected chi connectivity index (χ0v) is 32.9. The maximum atomic E-state index is 12.4. The lowest BCUT2D eigenvalue weighted by atomic mass is 9.94. The second-order valence-electron chi connectivity index (χ2n) is 11.9. The molecule has 0 bridgehead atoms. The molecule has 0 aliphatic heterocycles. The van der Waals surface area contributed by atoms with Crippen molar-refractivity contribution in [1.82, 2.24) is 0 Å². The van der Waals surface area contributed by atoms with E-state index in [0.29, 0.717) is 90.4 Å². The molecule has 16 nitrogen and oxygen atoms in total. The van der Waals surface area contributed by atoms with Gasteiger partial charge in [0, 0.05) is 24.0 Å². The first-order valence-electron chi connectivity index (χ1n) is 18.8. The first kappa shape index (κ1) is 51.0. The van der Waals surface area contributed by atoms with E-state index in [2.05, 4.69) is 20.1 Å². The number of rotatable bonds is 40. The molecular weight excluding hydrogens is 712 g/mol. The fourth-order valence-corrected chi connectivity index (χ4v) is 4.13. The van der Waals surface area contributed by atoms with Crippen molar-refractivity contribution in [2.24, 2.45) is 5.92 Å². The number of carbonyl (C=O) groups excluding carboxylic acids is 4. The highest BCUT2D eigenvalue weighted by Gasteiger charge is 2.19. The predicted molar refractivity (Wildman–Crippen MR) is 197 cm³/mol. The van der Waals surface area contributed by atoms with E-state index >= 15 is 0 Å². The van der Waals surface area contributed by atoms with Gasteiger partial charge in [-0.2, -0.15) is 0 Å². The van der Waals surface area contributed by atoms with Gasteiger partial charge in [-0.15, -0.1) is 0 Å². The van der Waals surface area contributed by atoms with Crippen molar-refractivity contribution in [3.63, 3.8) is 0 Å². The number of hydrogen-bond acceptors (Lipinski definition) is 16. The third-order valence-corrected chi connectivity index (χ3v) is 6.96. The number of hydrogen-bond donors (Lipinski definition) is 0. The van der Waals surface area contributed by atoms with Gasteiger partial charge in [-0.3, -0.25) is 9.59 Å². The lowest BCUT2D eigenvalue weighted by molar-refractivity contribution is -0.149. The molecule has 0 fully saturated rings. The van der Waals surface area contributed by atoms with Crippen LogP contribution in [-0.4, -0.2) is 156 Å². The minimum Gasteiger partial charge on any atom is -0.463 e. The van der Waals surface area contributed by atoms with Crippen molar-refractivity contribution < 1.29 is 76.0 Å².